The molecule has 0 aromatic heterocycles. The Balaban J connectivity index is 1.34. The average molecular weight is 615 g/mol. The normalized spacial score (nSPS) is 19.5. The van der Waals surface area contributed by atoms with Gasteiger partial charge >= 0.3 is 0 Å². The molecule has 4 nitrogen and oxygen atoms in total. The highest BCUT2D eigenvalue weighted by atomic mass is 14.9. The number of benzene rings is 4. The van der Waals surface area contributed by atoms with E-state index in [0.29, 0.717) is 6.42 Å². The number of hydrogen-bond acceptors (Lipinski definition) is 4. The third-order valence-corrected chi connectivity index (χ3v) is 9.19. The number of hydrogen-bond donors (Lipinski definition) is 0. The molecule has 4 heteroatoms. The molecular formula is C44H30N4. The van der Waals surface area contributed by atoms with Crippen molar-refractivity contribution in [2.24, 2.45) is 20.0 Å². The van der Waals surface area contributed by atoms with Gasteiger partial charge in [-0.2, -0.15) is 0 Å². The van der Waals surface area contributed by atoms with Gasteiger partial charge in [0.1, 0.15) is 0 Å². The van der Waals surface area contributed by atoms with Crippen LogP contribution in [0.25, 0.3) is 16.7 Å². The van der Waals surface area contributed by atoms with E-state index >= 15 is 0 Å². The molecule has 48 heavy (non-hydrogen) atoms. The van der Waals surface area contributed by atoms with Crippen LogP contribution in [0.3, 0.4) is 0 Å². The SMILES string of the molecule is C1=CC2=C(c3ccccc3)C3=CCC(=N3)C(c3ccccc3)=C3C=CC(=N3)C(c3ccccc3)C3=NC(=C(c4ccccc4)C1=N2)C=C3. The summed E-state index contributed by atoms with van der Waals surface area (Å²) >= 11 is 0. The standard InChI is InChI=1S/C44H30N4/c1-5-13-29(14-6-1)41-33-21-23-35(45-33)42(30-15-7-2-8-16-30)37-25-27-39(47-37)44(32-19-11-4-12-20-32)40-28-26-38(48-40)43(31-17-9-3-10-18-31)36-24-22-34(41)46-36/h1-27,42H,28H2. The lowest BCUT2D eigenvalue weighted by atomic mass is 9.89. The van der Waals surface area contributed by atoms with Crippen molar-refractivity contribution >= 4 is 39.6 Å². The topological polar surface area (TPSA) is 49.4 Å². The van der Waals surface area contributed by atoms with Crippen LogP contribution in [0.15, 0.2) is 207 Å². The Hall–Kier alpha value is -6.26. The van der Waals surface area contributed by atoms with E-state index in [4.69, 9.17) is 20.0 Å². The zero-order valence-corrected chi connectivity index (χ0v) is 26.2. The second-order valence-corrected chi connectivity index (χ2v) is 12.1. The molecular weight excluding hydrogens is 585 g/mol. The molecule has 5 aliphatic rings. The lowest BCUT2D eigenvalue weighted by Crippen LogP contribution is -2.18. The molecule has 1 unspecified atom stereocenters. The molecule has 0 saturated carbocycles. The summed E-state index contributed by atoms with van der Waals surface area (Å²) in [5, 5.41) is 0. The summed E-state index contributed by atoms with van der Waals surface area (Å²) in [6.07, 6.45) is 15.7. The highest BCUT2D eigenvalue weighted by Crippen LogP contribution is 2.40. The minimum atomic E-state index is -0.143. The van der Waals surface area contributed by atoms with Gasteiger partial charge in [0.15, 0.2) is 0 Å². The summed E-state index contributed by atoms with van der Waals surface area (Å²) in [7, 11) is 0. The molecule has 9 rings (SSSR count). The summed E-state index contributed by atoms with van der Waals surface area (Å²) in [6, 6.07) is 42.0. The predicted octanol–water partition coefficient (Wildman–Crippen LogP) is 9.78. The number of nitrogens with zero attached hydrogens (tertiary/aromatic N) is 4. The van der Waals surface area contributed by atoms with E-state index in [-0.39, 0.29) is 5.92 Å². The van der Waals surface area contributed by atoms with Crippen molar-refractivity contribution in [3.05, 3.63) is 209 Å². The molecule has 5 aliphatic heterocycles. The molecule has 0 saturated heterocycles. The lowest BCUT2D eigenvalue weighted by molar-refractivity contribution is 1.19. The maximum atomic E-state index is 5.37. The van der Waals surface area contributed by atoms with E-state index in [0.717, 1.165) is 84.6 Å². The van der Waals surface area contributed by atoms with Crippen LogP contribution in [-0.2, 0) is 0 Å². The molecule has 4 aromatic rings. The fourth-order valence-corrected chi connectivity index (χ4v) is 7.01. The Morgan fingerprint density at radius 1 is 0.417 bits per heavy atom. The highest BCUT2D eigenvalue weighted by Gasteiger charge is 2.30. The third-order valence-electron chi connectivity index (χ3n) is 9.19. The largest absolute Gasteiger partial charge is 0.252 e. The van der Waals surface area contributed by atoms with E-state index in [1.807, 2.05) is 18.2 Å². The van der Waals surface area contributed by atoms with Gasteiger partial charge in [-0.25, -0.2) is 4.99 Å². The van der Waals surface area contributed by atoms with E-state index < -0.39 is 0 Å². The van der Waals surface area contributed by atoms with Crippen molar-refractivity contribution in [3.8, 4) is 0 Å². The van der Waals surface area contributed by atoms with Gasteiger partial charge in [0, 0.05) is 23.1 Å². The second-order valence-electron chi connectivity index (χ2n) is 12.1. The first-order valence-electron chi connectivity index (χ1n) is 16.3. The van der Waals surface area contributed by atoms with Gasteiger partial charge in [-0.05, 0) is 58.7 Å². The van der Waals surface area contributed by atoms with Crippen LogP contribution in [0.4, 0.5) is 0 Å². The van der Waals surface area contributed by atoms with E-state index in [9.17, 15) is 0 Å². The van der Waals surface area contributed by atoms with Crippen LogP contribution >= 0.6 is 0 Å². The van der Waals surface area contributed by atoms with Crippen molar-refractivity contribution in [1.29, 1.82) is 0 Å². The first kappa shape index (κ1) is 28.0. The summed E-state index contributed by atoms with van der Waals surface area (Å²) in [4.78, 5) is 21.4. The molecule has 8 bridgehead atoms. The van der Waals surface area contributed by atoms with Crippen molar-refractivity contribution in [2.45, 2.75) is 12.3 Å². The second kappa shape index (κ2) is 11.8. The van der Waals surface area contributed by atoms with Crippen molar-refractivity contribution in [2.75, 3.05) is 0 Å². The van der Waals surface area contributed by atoms with Crippen LogP contribution in [0.5, 0.6) is 0 Å². The zero-order chi connectivity index (χ0) is 31.9. The Kier molecular flexibility index (Phi) is 6.90. The summed E-state index contributed by atoms with van der Waals surface area (Å²) in [6.45, 7) is 0. The molecule has 0 radical (unpaired) electrons. The number of aliphatic imine (C=N–C) groups is 4. The Morgan fingerprint density at radius 3 is 1.50 bits per heavy atom. The summed E-state index contributed by atoms with van der Waals surface area (Å²) in [5.41, 5.74) is 14.8. The number of rotatable bonds is 4. The first-order chi connectivity index (χ1) is 23.8. The zero-order valence-electron chi connectivity index (χ0n) is 26.2. The van der Waals surface area contributed by atoms with Crippen molar-refractivity contribution < 1.29 is 0 Å². The molecule has 0 N–H and O–H groups in total. The molecule has 0 fully saturated rings. The van der Waals surface area contributed by atoms with Gasteiger partial charge in [-0.15, -0.1) is 0 Å². The molecule has 0 spiro atoms. The molecule has 5 heterocycles. The Labute approximate surface area is 280 Å². The molecule has 1 atom stereocenters. The fourth-order valence-electron chi connectivity index (χ4n) is 7.01. The predicted molar refractivity (Wildman–Crippen MR) is 199 cm³/mol. The van der Waals surface area contributed by atoms with Crippen LogP contribution in [0.1, 0.15) is 34.6 Å². The van der Waals surface area contributed by atoms with Crippen LogP contribution in [-0.4, -0.2) is 22.8 Å². The summed E-state index contributed by atoms with van der Waals surface area (Å²) < 4.78 is 0. The number of fused-ring (bicyclic) bond motifs is 4. The number of allylic oxidation sites excluding steroid dienone is 10. The van der Waals surface area contributed by atoms with Gasteiger partial charge in [0.25, 0.3) is 0 Å². The lowest BCUT2D eigenvalue weighted by Gasteiger charge is -2.16. The van der Waals surface area contributed by atoms with E-state index in [1.54, 1.807) is 0 Å². The van der Waals surface area contributed by atoms with Gasteiger partial charge in [-0.1, -0.05) is 127 Å². The van der Waals surface area contributed by atoms with Gasteiger partial charge in [0.05, 0.1) is 51.6 Å². The van der Waals surface area contributed by atoms with E-state index in [1.165, 1.54) is 0 Å². The van der Waals surface area contributed by atoms with Gasteiger partial charge in [0.2, 0.25) is 0 Å². The maximum absolute atomic E-state index is 5.37. The third kappa shape index (κ3) is 4.95. The fraction of sp³-hybridized carbons (Fsp3) is 0.0455. The maximum Gasteiger partial charge on any atom is 0.0738 e. The highest BCUT2D eigenvalue weighted by molar-refractivity contribution is 6.33. The van der Waals surface area contributed by atoms with E-state index in [2.05, 4.69) is 146 Å². The minimum absolute atomic E-state index is 0.143. The minimum Gasteiger partial charge on any atom is -0.252 e. The van der Waals surface area contributed by atoms with Crippen LogP contribution in [0.2, 0.25) is 0 Å². The first-order valence-corrected chi connectivity index (χ1v) is 16.3. The molecule has 4 aromatic carbocycles. The van der Waals surface area contributed by atoms with Gasteiger partial charge in [-0.3, -0.25) is 15.0 Å². The molecule has 0 aliphatic carbocycles. The molecule has 0 amide bonds. The Bertz CT molecular complexity index is 2310. The average Bonchev–Trinajstić information content (AvgIpc) is 3.98. The van der Waals surface area contributed by atoms with Gasteiger partial charge < -0.3 is 0 Å². The van der Waals surface area contributed by atoms with Crippen molar-refractivity contribution in [1.82, 2.24) is 0 Å². The molecule has 226 valence electrons. The van der Waals surface area contributed by atoms with Crippen LogP contribution in [0, 0.1) is 0 Å². The van der Waals surface area contributed by atoms with Crippen molar-refractivity contribution in [3.63, 3.8) is 0 Å². The monoisotopic (exact) mass is 614 g/mol. The van der Waals surface area contributed by atoms with Crippen LogP contribution < -0.4 is 0 Å². The quantitative estimate of drug-likeness (QED) is 0.220. The Morgan fingerprint density at radius 2 is 0.896 bits per heavy atom. The summed E-state index contributed by atoms with van der Waals surface area (Å²) in [5.74, 6) is -0.143. The smallest absolute Gasteiger partial charge is 0.0738 e.